The maximum absolute atomic E-state index is 11.9. The van der Waals surface area contributed by atoms with E-state index in [-0.39, 0.29) is 17.1 Å². The summed E-state index contributed by atoms with van der Waals surface area (Å²) in [6.45, 7) is 0. The Bertz CT molecular complexity index is 785. The summed E-state index contributed by atoms with van der Waals surface area (Å²) < 4.78 is 10.9. The zero-order valence-corrected chi connectivity index (χ0v) is 10.6. The molecular weight excluding hydrogens is 300 g/mol. The molecule has 1 N–H and O–H groups in total. The van der Waals surface area contributed by atoms with E-state index in [4.69, 9.17) is 8.83 Å². The van der Waals surface area contributed by atoms with Gasteiger partial charge in [-0.1, -0.05) is 12.1 Å². The molecule has 18 heavy (non-hydrogen) atoms. The topological polar surface area (TPSA) is 63.6 Å². The average molecular weight is 307 g/mol. The Labute approximate surface area is 110 Å². The molecule has 0 unspecified atom stereocenters. The largest absolute Gasteiger partial charge is 0.506 e. The van der Waals surface area contributed by atoms with Gasteiger partial charge in [0, 0.05) is 0 Å². The second-order valence-electron chi connectivity index (χ2n) is 3.71. The summed E-state index contributed by atoms with van der Waals surface area (Å²) in [5, 5.41) is 10.6. The third-order valence-electron chi connectivity index (χ3n) is 2.61. The van der Waals surface area contributed by atoms with Crippen LogP contribution < -0.4 is 5.63 Å². The lowest BCUT2D eigenvalue weighted by Crippen LogP contribution is -2.02. The number of halogens is 1. The van der Waals surface area contributed by atoms with E-state index in [1.165, 1.54) is 0 Å². The molecule has 2 aromatic heterocycles. The van der Waals surface area contributed by atoms with Crippen LogP contribution in [0.5, 0.6) is 5.75 Å². The molecule has 90 valence electrons. The van der Waals surface area contributed by atoms with Gasteiger partial charge in [0.2, 0.25) is 0 Å². The molecule has 0 atom stereocenters. The van der Waals surface area contributed by atoms with Crippen LogP contribution in [0.3, 0.4) is 0 Å². The van der Waals surface area contributed by atoms with Gasteiger partial charge < -0.3 is 13.9 Å². The molecule has 0 bridgehead atoms. The molecular formula is C13H7BrO4. The van der Waals surface area contributed by atoms with Gasteiger partial charge >= 0.3 is 5.63 Å². The van der Waals surface area contributed by atoms with Crippen LogP contribution in [0.4, 0.5) is 0 Å². The quantitative estimate of drug-likeness (QED) is 0.699. The van der Waals surface area contributed by atoms with E-state index in [0.29, 0.717) is 15.6 Å². The van der Waals surface area contributed by atoms with Gasteiger partial charge in [0.05, 0.1) is 5.39 Å². The van der Waals surface area contributed by atoms with Gasteiger partial charge in [-0.25, -0.2) is 4.79 Å². The Hall–Kier alpha value is -2.01. The van der Waals surface area contributed by atoms with Crippen molar-refractivity contribution in [1.82, 2.24) is 0 Å². The molecule has 0 aliphatic heterocycles. The van der Waals surface area contributed by atoms with E-state index in [2.05, 4.69) is 15.9 Å². The molecule has 5 heteroatoms. The minimum absolute atomic E-state index is 0.0272. The lowest BCUT2D eigenvalue weighted by atomic mass is 10.1. The molecule has 0 spiro atoms. The molecule has 2 heterocycles. The molecule has 3 rings (SSSR count). The zero-order chi connectivity index (χ0) is 12.7. The number of hydrogen-bond acceptors (Lipinski definition) is 4. The van der Waals surface area contributed by atoms with E-state index >= 15 is 0 Å². The minimum Gasteiger partial charge on any atom is -0.506 e. The summed E-state index contributed by atoms with van der Waals surface area (Å²) in [5.41, 5.74) is -0.262. The van der Waals surface area contributed by atoms with Gasteiger partial charge in [0.15, 0.2) is 4.67 Å². The number of fused-ring (bicyclic) bond motifs is 1. The van der Waals surface area contributed by atoms with Crippen LogP contribution in [0.1, 0.15) is 0 Å². The molecule has 0 radical (unpaired) electrons. The van der Waals surface area contributed by atoms with Gasteiger partial charge in [0.25, 0.3) is 0 Å². The first-order chi connectivity index (χ1) is 8.66. The van der Waals surface area contributed by atoms with Gasteiger partial charge in [-0.3, -0.25) is 0 Å². The summed E-state index contributed by atoms with van der Waals surface area (Å²) in [5.74, 6) is 0.127. The van der Waals surface area contributed by atoms with Crippen molar-refractivity contribution in [3.63, 3.8) is 0 Å². The molecule has 4 nitrogen and oxygen atoms in total. The van der Waals surface area contributed by atoms with Crippen molar-refractivity contribution < 1.29 is 13.9 Å². The van der Waals surface area contributed by atoms with E-state index in [9.17, 15) is 9.90 Å². The highest BCUT2D eigenvalue weighted by molar-refractivity contribution is 9.10. The van der Waals surface area contributed by atoms with Crippen molar-refractivity contribution in [2.75, 3.05) is 0 Å². The van der Waals surface area contributed by atoms with Crippen molar-refractivity contribution in [3.05, 3.63) is 51.5 Å². The molecule has 0 saturated heterocycles. The van der Waals surface area contributed by atoms with E-state index in [1.54, 1.807) is 36.4 Å². The summed E-state index contributed by atoms with van der Waals surface area (Å²) in [4.78, 5) is 11.9. The van der Waals surface area contributed by atoms with Crippen LogP contribution in [0.25, 0.3) is 22.3 Å². The van der Waals surface area contributed by atoms with Crippen molar-refractivity contribution in [1.29, 1.82) is 0 Å². The first kappa shape index (κ1) is 11.1. The van der Waals surface area contributed by atoms with Gasteiger partial charge in [-0.2, -0.15) is 0 Å². The predicted molar refractivity (Wildman–Crippen MR) is 69.6 cm³/mol. The Morgan fingerprint density at radius 2 is 1.83 bits per heavy atom. The fraction of sp³-hybridized carbons (Fsp3) is 0. The van der Waals surface area contributed by atoms with Crippen LogP contribution in [-0.2, 0) is 0 Å². The fourth-order valence-corrected chi connectivity index (χ4v) is 2.11. The van der Waals surface area contributed by atoms with Gasteiger partial charge in [-0.05, 0) is 40.2 Å². The van der Waals surface area contributed by atoms with Crippen LogP contribution >= 0.6 is 15.9 Å². The molecule has 0 aliphatic carbocycles. The second kappa shape index (κ2) is 4.03. The van der Waals surface area contributed by atoms with Crippen molar-refractivity contribution in [2.24, 2.45) is 0 Å². The van der Waals surface area contributed by atoms with Crippen LogP contribution in [0.2, 0.25) is 0 Å². The number of hydrogen-bond donors (Lipinski definition) is 1. The summed E-state index contributed by atoms with van der Waals surface area (Å²) in [6, 6.07) is 10.0. The Kier molecular flexibility index (Phi) is 2.48. The monoisotopic (exact) mass is 306 g/mol. The molecule has 0 amide bonds. The smallest absolute Gasteiger partial charge is 0.351 e. The summed E-state index contributed by atoms with van der Waals surface area (Å²) in [6.07, 6.45) is 0. The summed E-state index contributed by atoms with van der Waals surface area (Å²) >= 11 is 3.15. The van der Waals surface area contributed by atoms with Crippen molar-refractivity contribution in [2.45, 2.75) is 0 Å². The third-order valence-corrected chi connectivity index (χ3v) is 3.03. The SMILES string of the molecule is O=c1oc2ccccc2c(O)c1-c1ccc(Br)o1. The average Bonchev–Trinajstić information content (AvgIpc) is 2.76. The molecule has 1 aromatic carbocycles. The number of para-hydroxylation sites is 1. The number of rotatable bonds is 1. The first-order valence-electron chi connectivity index (χ1n) is 5.17. The highest BCUT2D eigenvalue weighted by Crippen LogP contribution is 2.34. The number of furan rings is 1. The highest BCUT2D eigenvalue weighted by atomic mass is 79.9. The van der Waals surface area contributed by atoms with E-state index in [1.807, 2.05) is 0 Å². The standard InChI is InChI=1S/C13H7BrO4/c14-10-6-5-9(17-10)11-12(15)7-3-1-2-4-8(7)18-13(11)16/h1-6,15H. The predicted octanol–water partition coefficient (Wildman–Crippen LogP) is 3.52. The van der Waals surface area contributed by atoms with Crippen molar-refractivity contribution >= 4 is 26.9 Å². The lowest BCUT2D eigenvalue weighted by Gasteiger charge is -2.03. The second-order valence-corrected chi connectivity index (χ2v) is 4.49. The summed E-state index contributed by atoms with van der Waals surface area (Å²) in [7, 11) is 0. The number of benzene rings is 1. The Balaban J connectivity index is 2.39. The Morgan fingerprint density at radius 1 is 1.06 bits per heavy atom. The Morgan fingerprint density at radius 3 is 2.56 bits per heavy atom. The molecule has 0 fully saturated rings. The first-order valence-corrected chi connectivity index (χ1v) is 5.96. The van der Waals surface area contributed by atoms with Crippen LogP contribution in [-0.4, -0.2) is 5.11 Å². The van der Waals surface area contributed by atoms with E-state index < -0.39 is 5.63 Å². The zero-order valence-electron chi connectivity index (χ0n) is 9.01. The molecule has 0 saturated carbocycles. The van der Waals surface area contributed by atoms with Gasteiger partial charge in [0.1, 0.15) is 22.7 Å². The van der Waals surface area contributed by atoms with Crippen molar-refractivity contribution in [3.8, 4) is 17.1 Å². The maximum atomic E-state index is 11.9. The van der Waals surface area contributed by atoms with Gasteiger partial charge in [-0.15, -0.1) is 0 Å². The highest BCUT2D eigenvalue weighted by Gasteiger charge is 2.18. The lowest BCUT2D eigenvalue weighted by molar-refractivity contribution is 0.464. The van der Waals surface area contributed by atoms with E-state index in [0.717, 1.165) is 0 Å². The molecule has 0 aliphatic rings. The minimum atomic E-state index is -0.631. The molecule has 3 aromatic rings. The third kappa shape index (κ3) is 1.64. The fourth-order valence-electron chi connectivity index (χ4n) is 1.80. The van der Waals surface area contributed by atoms with Crippen LogP contribution in [0, 0.1) is 0 Å². The number of aromatic hydroxyl groups is 1. The maximum Gasteiger partial charge on any atom is 0.351 e. The normalized spacial score (nSPS) is 10.9. The van der Waals surface area contributed by atoms with Crippen LogP contribution in [0.15, 0.2) is 54.7 Å².